The van der Waals surface area contributed by atoms with Crippen LogP contribution in [0.3, 0.4) is 0 Å². The number of aromatic nitrogens is 4. The molecule has 26 heavy (non-hydrogen) atoms. The lowest BCUT2D eigenvalue weighted by atomic mass is 10.0. The zero-order valence-electron chi connectivity index (χ0n) is 15.0. The van der Waals surface area contributed by atoms with Crippen molar-refractivity contribution >= 4 is 22.3 Å². The summed E-state index contributed by atoms with van der Waals surface area (Å²) in [6.45, 7) is 2.07. The molecule has 0 N–H and O–H groups in total. The molecular weight excluding hydrogens is 348 g/mol. The molecule has 0 radical (unpaired) electrons. The van der Waals surface area contributed by atoms with Crippen molar-refractivity contribution in [3.63, 3.8) is 0 Å². The average molecular weight is 372 g/mol. The summed E-state index contributed by atoms with van der Waals surface area (Å²) in [5.74, 6) is 2.33. The van der Waals surface area contributed by atoms with Gasteiger partial charge in [-0.05, 0) is 38.5 Å². The third kappa shape index (κ3) is 3.22. The Morgan fingerprint density at radius 1 is 1.04 bits per heavy atom. The van der Waals surface area contributed by atoms with E-state index in [1.54, 1.807) is 24.8 Å². The molecule has 0 aromatic carbocycles. The van der Waals surface area contributed by atoms with Crippen molar-refractivity contribution in [2.24, 2.45) is 0 Å². The Morgan fingerprint density at radius 3 is 2.50 bits per heavy atom. The van der Waals surface area contributed by atoms with Crippen LogP contribution < -0.4 is 14.5 Å². The van der Waals surface area contributed by atoms with Gasteiger partial charge in [0.05, 0.1) is 7.11 Å². The molecule has 138 valence electrons. The molecule has 0 atom stereocenters. The number of piperidine rings is 1. The lowest BCUT2D eigenvalue weighted by molar-refractivity contribution is 0.395. The van der Waals surface area contributed by atoms with Crippen molar-refractivity contribution in [3.05, 3.63) is 17.4 Å². The second kappa shape index (κ2) is 6.64. The zero-order valence-corrected chi connectivity index (χ0v) is 15.9. The molecule has 3 aliphatic rings. The van der Waals surface area contributed by atoms with E-state index in [0.29, 0.717) is 23.9 Å². The first-order chi connectivity index (χ1) is 12.8. The van der Waals surface area contributed by atoms with Crippen LogP contribution in [0.4, 0.5) is 10.9 Å². The summed E-state index contributed by atoms with van der Waals surface area (Å²) in [4.78, 5) is 13.6. The van der Waals surface area contributed by atoms with Crippen LogP contribution in [0, 0.1) is 0 Å². The summed E-state index contributed by atoms with van der Waals surface area (Å²) in [6, 6.07) is 3.11. The van der Waals surface area contributed by atoms with Crippen molar-refractivity contribution in [1.82, 2.24) is 20.2 Å². The Hall–Kier alpha value is -1.96. The van der Waals surface area contributed by atoms with Crippen LogP contribution in [-0.2, 0) is 0 Å². The number of hydrogen-bond acceptors (Lipinski definition) is 8. The normalized spacial score (nSPS) is 21.0. The van der Waals surface area contributed by atoms with Gasteiger partial charge in [-0.25, -0.2) is 9.97 Å². The van der Waals surface area contributed by atoms with Crippen LogP contribution in [0.25, 0.3) is 0 Å². The van der Waals surface area contributed by atoms with Crippen LogP contribution >= 0.6 is 11.3 Å². The maximum Gasteiger partial charge on any atom is 0.218 e. The lowest BCUT2D eigenvalue weighted by Crippen LogP contribution is -2.46. The molecule has 3 fully saturated rings. The van der Waals surface area contributed by atoms with Crippen LogP contribution in [0.1, 0.15) is 49.5 Å². The van der Waals surface area contributed by atoms with Crippen LogP contribution in [0.5, 0.6) is 5.88 Å². The van der Waals surface area contributed by atoms with Crippen LogP contribution in [-0.4, -0.2) is 52.4 Å². The molecule has 3 heterocycles. The van der Waals surface area contributed by atoms with Gasteiger partial charge in [0.25, 0.3) is 0 Å². The minimum Gasteiger partial charge on any atom is -0.481 e. The van der Waals surface area contributed by atoms with E-state index < -0.39 is 0 Å². The average Bonchev–Trinajstić information content (AvgIpc) is 3.63. The minimum atomic E-state index is 0.522. The van der Waals surface area contributed by atoms with Gasteiger partial charge in [0.1, 0.15) is 17.2 Å². The predicted molar refractivity (Wildman–Crippen MR) is 101 cm³/mol. The fourth-order valence-corrected chi connectivity index (χ4v) is 4.86. The van der Waals surface area contributed by atoms with Gasteiger partial charge in [0.2, 0.25) is 11.0 Å². The minimum absolute atomic E-state index is 0.522. The molecule has 1 saturated heterocycles. The second-order valence-corrected chi connectivity index (χ2v) is 8.46. The highest BCUT2D eigenvalue weighted by molar-refractivity contribution is 7.15. The maximum absolute atomic E-state index is 5.29. The zero-order chi connectivity index (χ0) is 17.5. The highest BCUT2D eigenvalue weighted by atomic mass is 32.1. The van der Waals surface area contributed by atoms with E-state index in [-0.39, 0.29) is 0 Å². The molecule has 0 unspecified atom stereocenters. The van der Waals surface area contributed by atoms with Crippen molar-refractivity contribution in [2.45, 2.75) is 56.5 Å². The first-order valence-corrected chi connectivity index (χ1v) is 10.4. The molecule has 5 rings (SSSR count). The number of hydrogen-bond donors (Lipinski definition) is 0. The molecule has 1 aliphatic heterocycles. The highest BCUT2D eigenvalue weighted by Crippen LogP contribution is 2.43. The molecule has 7 nitrogen and oxygen atoms in total. The third-order valence-electron chi connectivity index (χ3n) is 5.53. The monoisotopic (exact) mass is 372 g/mol. The van der Waals surface area contributed by atoms with Crippen LogP contribution in [0.2, 0.25) is 0 Å². The predicted octanol–water partition coefficient (Wildman–Crippen LogP) is 2.85. The Balaban J connectivity index is 1.28. The van der Waals surface area contributed by atoms with Gasteiger partial charge < -0.3 is 14.5 Å². The second-order valence-electron chi connectivity index (χ2n) is 7.47. The van der Waals surface area contributed by atoms with Gasteiger partial charge in [-0.2, -0.15) is 0 Å². The molecule has 0 bridgehead atoms. The summed E-state index contributed by atoms with van der Waals surface area (Å²) < 4.78 is 5.29. The largest absolute Gasteiger partial charge is 0.481 e. The smallest absolute Gasteiger partial charge is 0.218 e. The molecule has 2 aliphatic carbocycles. The van der Waals surface area contributed by atoms with E-state index in [1.807, 2.05) is 6.07 Å². The standard InChI is InChI=1S/C18H24N6OS/c1-25-16-10-15(19-11-20-16)24(13-4-5-13)14-6-8-23(9-7-14)18-22-21-17(26-18)12-2-3-12/h10-14H,2-9H2,1H3. The van der Waals surface area contributed by atoms with Gasteiger partial charge in [0, 0.05) is 37.2 Å². The highest BCUT2D eigenvalue weighted by Gasteiger charge is 2.37. The summed E-state index contributed by atoms with van der Waals surface area (Å²) in [6.07, 6.45) is 8.95. The van der Waals surface area contributed by atoms with Gasteiger partial charge in [-0.15, -0.1) is 10.2 Å². The Kier molecular flexibility index (Phi) is 4.15. The van der Waals surface area contributed by atoms with Gasteiger partial charge >= 0.3 is 0 Å². The van der Waals surface area contributed by atoms with Gasteiger partial charge in [-0.1, -0.05) is 11.3 Å². The quantitative estimate of drug-likeness (QED) is 0.772. The molecule has 2 aromatic rings. The van der Waals surface area contributed by atoms with Crippen molar-refractivity contribution in [3.8, 4) is 5.88 Å². The van der Waals surface area contributed by atoms with E-state index in [9.17, 15) is 0 Å². The van der Waals surface area contributed by atoms with E-state index in [4.69, 9.17) is 4.74 Å². The topological polar surface area (TPSA) is 67.3 Å². The number of ether oxygens (including phenoxy) is 1. The molecular formula is C18H24N6OS. The Labute approximate surface area is 157 Å². The fraction of sp³-hybridized carbons (Fsp3) is 0.667. The molecule has 2 aromatic heterocycles. The van der Waals surface area contributed by atoms with E-state index in [1.165, 1.54) is 30.7 Å². The van der Waals surface area contributed by atoms with Crippen molar-refractivity contribution in [2.75, 3.05) is 30.0 Å². The number of rotatable bonds is 6. The summed E-state index contributed by atoms with van der Waals surface area (Å²) in [5.41, 5.74) is 0. The Bertz CT molecular complexity index is 767. The van der Waals surface area contributed by atoms with Gasteiger partial charge in [-0.3, -0.25) is 0 Å². The lowest BCUT2D eigenvalue weighted by Gasteiger charge is -2.39. The maximum atomic E-state index is 5.29. The number of anilines is 2. The molecule has 0 spiro atoms. The van der Waals surface area contributed by atoms with E-state index in [2.05, 4.69) is 30.0 Å². The molecule has 8 heteroatoms. The number of methoxy groups -OCH3 is 1. The van der Waals surface area contributed by atoms with Gasteiger partial charge in [0.15, 0.2) is 0 Å². The summed E-state index contributed by atoms with van der Waals surface area (Å²) in [7, 11) is 1.66. The molecule has 0 amide bonds. The summed E-state index contributed by atoms with van der Waals surface area (Å²) in [5, 5.41) is 11.2. The number of nitrogens with zero attached hydrogens (tertiary/aromatic N) is 6. The van der Waals surface area contributed by atoms with E-state index in [0.717, 1.165) is 36.9 Å². The fourth-order valence-electron chi connectivity index (χ4n) is 3.79. The van der Waals surface area contributed by atoms with E-state index >= 15 is 0 Å². The molecule has 2 saturated carbocycles. The van der Waals surface area contributed by atoms with Crippen molar-refractivity contribution in [1.29, 1.82) is 0 Å². The van der Waals surface area contributed by atoms with Crippen molar-refractivity contribution < 1.29 is 4.74 Å². The third-order valence-corrected chi connectivity index (χ3v) is 6.67. The first-order valence-electron chi connectivity index (χ1n) is 9.54. The Morgan fingerprint density at radius 2 is 1.81 bits per heavy atom. The first kappa shape index (κ1) is 16.2. The SMILES string of the molecule is COc1cc(N(C2CC2)C2CCN(c3nnc(C4CC4)s3)CC2)ncn1. The summed E-state index contributed by atoms with van der Waals surface area (Å²) >= 11 is 1.79. The van der Waals surface area contributed by atoms with Crippen LogP contribution in [0.15, 0.2) is 12.4 Å².